The zero-order valence-corrected chi connectivity index (χ0v) is 12.4. The van der Waals surface area contributed by atoms with Crippen LogP contribution in [0, 0.1) is 17.7 Å². The van der Waals surface area contributed by atoms with Crippen LogP contribution in [0.5, 0.6) is 0 Å². The molecule has 0 radical (unpaired) electrons. The molecule has 0 aliphatic heterocycles. The van der Waals surface area contributed by atoms with E-state index in [0.717, 1.165) is 25.7 Å². The summed E-state index contributed by atoms with van der Waals surface area (Å²) in [7, 11) is 0. The molecule has 0 amide bonds. The second kappa shape index (κ2) is 5.80. The maximum Gasteiger partial charge on any atom is 0.127 e. The molecule has 0 bridgehead atoms. The first kappa shape index (κ1) is 14.8. The maximum absolute atomic E-state index is 13.9. The fourth-order valence-electron chi connectivity index (χ4n) is 3.43. The third kappa shape index (κ3) is 3.11. The van der Waals surface area contributed by atoms with Crippen molar-refractivity contribution in [1.82, 2.24) is 0 Å². The van der Waals surface area contributed by atoms with Crippen molar-refractivity contribution in [3.8, 4) is 0 Å². The van der Waals surface area contributed by atoms with E-state index in [0.29, 0.717) is 22.9 Å². The van der Waals surface area contributed by atoms with Gasteiger partial charge in [-0.15, -0.1) is 0 Å². The molecule has 0 aromatic heterocycles. The van der Waals surface area contributed by atoms with Gasteiger partial charge in [0.1, 0.15) is 5.82 Å². The van der Waals surface area contributed by atoms with Gasteiger partial charge in [0.25, 0.3) is 0 Å². The van der Waals surface area contributed by atoms with Gasteiger partial charge in [0.2, 0.25) is 0 Å². The molecule has 3 heteroatoms. The SMILES string of the molecule is CC(C)C1CCCCC1(O)Cc1c(F)cccc1Cl. The van der Waals surface area contributed by atoms with Crippen LogP contribution in [0.3, 0.4) is 0 Å². The van der Waals surface area contributed by atoms with Crippen LogP contribution in [-0.2, 0) is 6.42 Å². The Labute approximate surface area is 119 Å². The smallest absolute Gasteiger partial charge is 0.127 e. The highest BCUT2D eigenvalue weighted by atomic mass is 35.5. The molecule has 0 heterocycles. The Kier molecular flexibility index (Phi) is 4.52. The predicted molar refractivity (Wildman–Crippen MR) is 76.9 cm³/mol. The summed E-state index contributed by atoms with van der Waals surface area (Å²) in [6, 6.07) is 4.71. The summed E-state index contributed by atoms with van der Waals surface area (Å²) in [6.45, 7) is 4.26. The fraction of sp³-hybridized carbons (Fsp3) is 0.625. The molecular formula is C16H22ClFO. The number of hydrogen-bond acceptors (Lipinski definition) is 1. The van der Waals surface area contributed by atoms with Crippen LogP contribution in [0.15, 0.2) is 18.2 Å². The lowest BCUT2D eigenvalue weighted by Gasteiger charge is -2.42. The van der Waals surface area contributed by atoms with Gasteiger partial charge in [-0.1, -0.05) is 44.4 Å². The minimum atomic E-state index is -0.821. The van der Waals surface area contributed by atoms with Gasteiger partial charge in [-0.3, -0.25) is 0 Å². The molecule has 1 N–H and O–H groups in total. The number of benzene rings is 1. The monoisotopic (exact) mass is 284 g/mol. The highest BCUT2D eigenvalue weighted by Gasteiger charge is 2.41. The first-order chi connectivity index (χ1) is 8.94. The van der Waals surface area contributed by atoms with Gasteiger partial charge in [0.15, 0.2) is 0 Å². The van der Waals surface area contributed by atoms with Crippen molar-refractivity contribution in [3.05, 3.63) is 34.6 Å². The van der Waals surface area contributed by atoms with Crippen LogP contribution in [0.2, 0.25) is 5.02 Å². The molecule has 1 aliphatic rings. The predicted octanol–water partition coefficient (Wildman–Crippen LogP) is 4.60. The zero-order valence-electron chi connectivity index (χ0n) is 11.6. The zero-order chi connectivity index (χ0) is 14.0. The van der Waals surface area contributed by atoms with Crippen molar-refractivity contribution >= 4 is 11.6 Å². The van der Waals surface area contributed by atoms with E-state index in [2.05, 4.69) is 13.8 Å². The average Bonchev–Trinajstić information content (AvgIpc) is 2.34. The number of hydrogen-bond donors (Lipinski definition) is 1. The fourth-order valence-corrected chi connectivity index (χ4v) is 3.66. The van der Waals surface area contributed by atoms with Gasteiger partial charge in [-0.2, -0.15) is 0 Å². The summed E-state index contributed by atoms with van der Waals surface area (Å²) >= 11 is 6.09. The molecule has 0 saturated heterocycles. The standard InChI is InChI=1S/C16H22ClFO/c1-11(2)13-6-3-4-9-16(13,19)10-12-14(17)7-5-8-15(12)18/h5,7-8,11,13,19H,3-4,6,9-10H2,1-2H3. The highest BCUT2D eigenvalue weighted by molar-refractivity contribution is 6.31. The Bertz CT molecular complexity index is 426. The largest absolute Gasteiger partial charge is 0.389 e. The number of rotatable bonds is 3. The van der Waals surface area contributed by atoms with Crippen molar-refractivity contribution < 1.29 is 9.50 Å². The molecule has 1 aromatic rings. The van der Waals surface area contributed by atoms with Crippen molar-refractivity contribution in [2.45, 2.75) is 51.6 Å². The summed E-state index contributed by atoms with van der Waals surface area (Å²) < 4.78 is 13.9. The molecule has 1 saturated carbocycles. The van der Waals surface area contributed by atoms with Crippen LogP contribution in [0.1, 0.15) is 45.1 Å². The van der Waals surface area contributed by atoms with Gasteiger partial charge < -0.3 is 5.11 Å². The molecule has 1 aliphatic carbocycles. The molecule has 0 spiro atoms. The molecule has 2 unspecified atom stereocenters. The molecule has 2 atom stereocenters. The topological polar surface area (TPSA) is 20.2 Å². The average molecular weight is 285 g/mol. The molecule has 2 rings (SSSR count). The maximum atomic E-state index is 13.9. The van der Waals surface area contributed by atoms with Gasteiger partial charge >= 0.3 is 0 Å². The van der Waals surface area contributed by atoms with Gasteiger partial charge in [-0.05, 0) is 36.8 Å². The second-order valence-corrected chi connectivity index (χ2v) is 6.48. The van der Waals surface area contributed by atoms with Crippen LogP contribution in [-0.4, -0.2) is 10.7 Å². The van der Waals surface area contributed by atoms with Gasteiger partial charge in [0, 0.05) is 17.0 Å². The highest BCUT2D eigenvalue weighted by Crippen LogP contribution is 2.41. The van der Waals surface area contributed by atoms with E-state index in [1.165, 1.54) is 6.07 Å². The second-order valence-electron chi connectivity index (χ2n) is 6.08. The van der Waals surface area contributed by atoms with E-state index in [-0.39, 0.29) is 11.7 Å². The molecular weight excluding hydrogens is 263 g/mol. The normalized spacial score (nSPS) is 27.8. The Morgan fingerprint density at radius 2 is 2.16 bits per heavy atom. The van der Waals surface area contributed by atoms with Gasteiger partial charge in [-0.25, -0.2) is 4.39 Å². The first-order valence-corrected chi connectivity index (χ1v) is 7.47. The van der Waals surface area contributed by atoms with E-state index in [1.54, 1.807) is 12.1 Å². The summed E-state index contributed by atoms with van der Waals surface area (Å²) in [6.07, 6.45) is 4.23. The lowest BCUT2D eigenvalue weighted by Crippen LogP contribution is -2.45. The van der Waals surface area contributed by atoms with Crippen LogP contribution < -0.4 is 0 Å². The van der Waals surface area contributed by atoms with Crippen molar-refractivity contribution in [2.24, 2.45) is 11.8 Å². The van der Waals surface area contributed by atoms with Crippen molar-refractivity contribution in [3.63, 3.8) is 0 Å². The van der Waals surface area contributed by atoms with E-state index in [1.807, 2.05) is 0 Å². The van der Waals surface area contributed by atoms with Crippen molar-refractivity contribution in [1.29, 1.82) is 0 Å². The molecule has 1 nitrogen and oxygen atoms in total. The first-order valence-electron chi connectivity index (χ1n) is 7.09. The van der Waals surface area contributed by atoms with Crippen LogP contribution >= 0.6 is 11.6 Å². The molecule has 19 heavy (non-hydrogen) atoms. The van der Waals surface area contributed by atoms with Gasteiger partial charge in [0.05, 0.1) is 5.60 Å². The third-order valence-electron chi connectivity index (χ3n) is 4.41. The van der Waals surface area contributed by atoms with E-state index < -0.39 is 5.60 Å². The van der Waals surface area contributed by atoms with Crippen molar-refractivity contribution in [2.75, 3.05) is 0 Å². The molecule has 1 aromatic carbocycles. The summed E-state index contributed by atoms with van der Waals surface area (Å²) in [4.78, 5) is 0. The van der Waals surface area contributed by atoms with E-state index >= 15 is 0 Å². The number of halogens is 2. The third-order valence-corrected chi connectivity index (χ3v) is 4.77. The quantitative estimate of drug-likeness (QED) is 0.860. The van der Waals surface area contributed by atoms with Crippen LogP contribution in [0.4, 0.5) is 4.39 Å². The summed E-state index contributed by atoms with van der Waals surface area (Å²) in [5.74, 6) is 0.307. The van der Waals surface area contributed by atoms with Crippen LogP contribution in [0.25, 0.3) is 0 Å². The minimum Gasteiger partial charge on any atom is -0.389 e. The molecule has 106 valence electrons. The minimum absolute atomic E-state index is 0.219. The lowest BCUT2D eigenvalue weighted by molar-refractivity contribution is -0.0657. The Balaban J connectivity index is 2.28. The lowest BCUT2D eigenvalue weighted by atomic mass is 9.68. The molecule has 1 fully saturated rings. The summed E-state index contributed by atoms with van der Waals surface area (Å²) in [5.41, 5.74) is -0.364. The Morgan fingerprint density at radius 1 is 1.42 bits per heavy atom. The Hall–Kier alpha value is -0.600. The van der Waals surface area contributed by atoms with E-state index in [9.17, 15) is 9.50 Å². The number of aliphatic hydroxyl groups is 1. The Morgan fingerprint density at radius 3 is 2.79 bits per heavy atom. The van der Waals surface area contributed by atoms with E-state index in [4.69, 9.17) is 11.6 Å². The summed E-state index contributed by atoms with van der Waals surface area (Å²) in [5, 5.41) is 11.4.